The van der Waals surface area contributed by atoms with Crippen molar-refractivity contribution in [2.24, 2.45) is 5.41 Å². The van der Waals surface area contributed by atoms with Crippen molar-refractivity contribution in [3.8, 4) is 11.1 Å². The van der Waals surface area contributed by atoms with Crippen molar-refractivity contribution in [2.75, 3.05) is 25.1 Å². The Balaban J connectivity index is 1.35. The number of carbonyl (C=O) groups excluding carboxylic acids is 2. The zero-order valence-electron chi connectivity index (χ0n) is 29.5. The van der Waals surface area contributed by atoms with E-state index in [1.54, 1.807) is 30.1 Å². The van der Waals surface area contributed by atoms with Gasteiger partial charge >= 0.3 is 6.09 Å². The van der Waals surface area contributed by atoms with Crippen molar-refractivity contribution in [2.45, 2.75) is 97.9 Å². The third-order valence-corrected chi connectivity index (χ3v) is 9.99. The fraction of sp³-hybridized carbons (Fsp3) is 0.514. The van der Waals surface area contributed by atoms with Crippen molar-refractivity contribution in [1.82, 2.24) is 19.7 Å². The molecule has 258 valence electrons. The number of halogens is 2. The van der Waals surface area contributed by atoms with Crippen LogP contribution >= 0.6 is 11.6 Å². The second-order valence-corrected chi connectivity index (χ2v) is 15.8. The van der Waals surface area contributed by atoms with Crippen molar-refractivity contribution >= 4 is 29.4 Å². The Morgan fingerprint density at radius 1 is 1.04 bits per heavy atom. The third-order valence-electron chi connectivity index (χ3n) is 9.60. The Morgan fingerprint density at radius 2 is 1.73 bits per heavy atom. The minimum absolute atomic E-state index is 0.0150. The number of anilines is 1. The number of rotatable bonds is 8. The molecule has 1 aliphatic heterocycles. The highest BCUT2D eigenvalue weighted by atomic mass is 35.5. The van der Waals surface area contributed by atoms with E-state index in [1.165, 1.54) is 22.1 Å². The second-order valence-electron chi connectivity index (χ2n) is 15.5. The fourth-order valence-electron chi connectivity index (χ4n) is 5.98. The van der Waals surface area contributed by atoms with E-state index in [0.29, 0.717) is 54.5 Å². The predicted molar refractivity (Wildman–Crippen MR) is 186 cm³/mol. The van der Waals surface area contributed by atoms with E-state index in [9.17, 15) is 9.59 Å². The molecule has 48 heavy (non-hydrogen) atoms. The van der Waals surface area contributed by atoms with E-state index in [0.717, 1.165) is 5.56 Å². The Morgan fingerprint density at radius 3 is 2.38 bits per heavy atom. The highest BCUT2D eigenvalue weighted by Crippen LogP contribution is 2.52. The summed E-state index contributed by atoms with van der Waals surface area (Å²) in [6.45, 7) is 17.7. The molecule has 3 aromatic rings. The fourth-order valence-corrected chi connectivity index (χ4v) is 6.41. The number of hydrogen-bond donors (Lipinski definition) is 0. The van der Waals surface area contributed by atoms with Gasteiger partial charge in [0.25, 0.3) is 5.91 Å². The van der Waals surface area contributed by atoms with Gasteiger partial charge in [0, 0.05) is 60.2 Å². The van der Waals surface area contributed by atoms with Crippen molar-refractivity contribution in [3.05, 3.63) is 76.5 Å². The molecule has 2 amide bonds. The van der Waals surface area contributed by atoms with E-state index in [2.05, 4.69) is 56.9 Å². The van der Waals surface area contributed by atoms with Gasteiger partial charge in [-0.25, -0.2) is 14.2 Å². The van der Waals surface area contributed by atoms with Gasteiger partial charge in [-0.05, 0) is 58.9 Å². The first kappa shape index (κ1) is 35.5. The van der Waals surface area contributed by atoms with Crippen LogP contribution in [0.15, 0.2) is 48.9 Å². The highest BCUT2D eigenvalue weighted by molar-refractivity contribution is 6.35. The summed E-state index contributed by atoms with van der Waals surface area (Å²) in [4.78, 5) is 34.4. The zero-order chi connectivity index (χ0) is 35.2. The van der Waals surface area contributed by atoms with E-state index in [1.807, 2.05) is 27.0 Å². The number of allylic oxidation sites excluding steroid dienone is 2. The van der Waals surface area contributed by atoms with Crippen LogP contribution in [0, 0.1) is 11.2 Å². The molecule has 0 fully saturated rings. The summed E-state index contributed by atoms with van der Waals surface area (Å²) in [7, 11) is 1.63. The lowest BCUT2D eigenvalue weighted by atomic mass is 9.79. The van der Waals surface area contributed by atoms with Crippen LogP contribution in [-0.4, -0.2) is 63.1 Å². The summed E-state index contributed by atoms with van der Waals surface area (Å²) in [5, 5.41) is 4.74. The van der Waals surface area contributed by atoms with Crippen LogP contribution in [0.5, 0.6) is 0 Å². The van der Waals surface area contributed by atoms with Gasteiger partial charge in [0.1, 0.15) is 17.2 Å². The number of aromatic nitrogens is 3. The first-order chi connectivity index (χ1) is 22.3. The molecule has 1 aliphatic carbocycles. The second kappa shape index (κ2) is 12.9. The molecular weight excluding hydrogens is 633 g/mol. The average molecular weight is 680 g/mol. The third kappa shape index (κ3) is 7.01. The number of fused-ring (bicyclic) bond motifs is 2. The van der Waals surface area contributed by atoms with Crippen LogP contribution in [0.3, 0.4) is 0 Å². The minimum Gasteiger partial charge on any atom is -0.443 e. The smallest absolute Gasteiger partial charge is 0.416 e. The summed E-state index contributed by atoms with van der Waals surface area (Å²) in [6, 6.07) is 4.70. The quantitative estimate of drug-likeness (QED) is 0.223. The van der Waals surface area contributed by atoms with Gasteiger partial charge in [-0.3, -0.25) is 14.4 Å². The van der Waals surface area contributed by atoms with E-state index in [-0.39, 0.29) is 28.7 Å². The summed E-state index contributed by atoms with van der Waals surface area (Å²) < 4.78 is 29.9. The molecule has 0 unspecified atom stereocenters. The number of pyridine rings is 1. The number of ether oxygens (including phenoxy) is 2. The van der Waals surface area contributed by atoms with E-state index in [4.69, 9.17) is 21.1 Å². The van der Waals surface area contributed by atoms with E-state index < -0.39 is 28.8 Å². The minimum atomic E-state index is -0.688. The predicted octanol–water partition coefficient (Wildman–Crippen LogP) is 8.19. The van der Waals surface area contributed by atoms with Gasteiger partial charge < -0.3 is 14.4 Å². The monoisotopic (exact) mass is 679 g/mol. The normalized spacial score (nSPS) is 15.7. The maximum Gasteiger partial charge on any atom is 0.416 e. The lowest BCUT2D eigenvalue weighted by Gasteiger charge is -2.38. The molecule has 5 rings (SSSR count). The Labute approximate surface area is 288 Å². The van der Waals surface area contributed by atoms with Gasteiger partial charge in [-0.2, -0.15) is 5.10 Å². The maximum absolute atomic E-state index is 16.3. The van der Waals surface area contributed by atoms with Crippen LogP contribution in [0.25, 0.3) is 11.1 Å². The first-order valence-corrected chi connectivity index (χ1v) is 16.8. The standard InChI is InChI=1S/C37H47ClFN5O4/c1-34(2,3)36(7,8)47-18-17-43-22-24(19-41-43)21-42(9)32(45)26-14-12-13-25(30(26)39)27-20-40-31-28(29(27)38)37(15-10-11-16-37)23-44(31)33(46)48-35(4,5)6/h10-14,19-20,22H,15-18,21,23H2,1-9H3. The molecule has 3 heterocycles. The summed E-state index contributed by atoms with van der Waals surface area (Å²) >= 11 is 7.09. The van der Waals surface area contributed by atoms with Crippen LogP contribution in [0.2, 0.25) is 5.02 Å². The summed E-state index contributed by atoms with van der Waals surface area (Å²) in [5.74, 6) is -0.748. The van der Waals surface area contributed by atoms with Crippen molar-refractivity contribution < 1.29 is 23.5 Å². The summed E-state index contributed by atoms with van der Waals surface area (Å²) in [6.07, 6.45) is 9.98. The topological polar surface area (TPSA) is 89.8 Å². The number of hydrogen-bond acceptors (Lipinski definition) is 6. The average Bonchev–Trinajstić information content (AvgIpc) is 3.72. The Hall–Kier alpha value is -3.76. The maximum atomic E-state index is 16.3. The molecule has 1 spiro atoms. The van der Waals surface area contributed by atoms with Crippen LogP contribution in [-0.2, 0) is 28.0 Å². The molecule has 2 aliphatic rings. The van der Waals surface area contributed by atoms with Gasteiger partial charge in [0.2, 0.25) is 0 Å². The molecule has 0 bridgehead atoms. The molecule has 0 saturated heterocycles. The molecule has 2 aromatic heterocycles. The number of amides is 2. The van der Waals surface area contributed by atoms with Gasteiger partial charge in [0.15, 0.2) is 0 Å². The molecule has 0 atom stereocenters. The molecule has 0 N–H and O–H groups in total. The molecule has 0 radical (unpaired) electrons. The zero-order valence-corrected chi connectivity index (χ0v) is 30.2. The van der Waals surface area contributed by atoms with Gasteiger partial charge in [0.05, 0.1) is 35.5 Å². The molecule has 11 heteroatoms. The van der Waals surface area contributed by atoms with E-state index >= 15 is 4.39 Å². The highest BCUT2D eigenvalue weighted by Gasteiger charge is 2.49. The lowest BCUT2D eigenvalue weighted by Crippen LogP contribution is -2.40. The largest absolute Gasteiger partial charge is 0.443 e. The Bertz CT molecular complexity index is 1730. The van der Waals surface area contributed by atoms with Crippen molar-refractivity contribution in [3.63, 3.8) is 0 Å². The van der Waals surface area contributed by atoms with Crippen LogP contribution < -0.4 is 4.90 Å². The van der Waals surface area contributed by atoms with Crippen molar-refractivity contribution in [1.29, 1.82) is 0 Å². The molecule has 0 saturated carbocycles. The SMILES string of the molecule is CN(Cc1cnn(CCOC(C)(C)C(C)(C)C)c1)C(=O)c1cccc(-c2cnc3c(c2Cl)C2(CC=CC2)CN3C(=O)OC(C)(C)C)c1F. The summed E-state index contributed by atoms with van der Waals surface area (Å²) in [5.41, 5.74) is 0.455. The van der Waals surface area contributed by atoms with Gasteiger partial charge in [-0.15, -0.1) is 0 Å². The lowest BCUT2D eigenvalue weighted by molar-refractivity contribution is -0.0930. The molecular formula is C37H47ClFN5O4. The van der Waals surface area contributed by atoms with Gasteiger partial charge in [-0.1, -0.05) is 56.7 Å². The Kier molecular flexibility index (Phi) is 9.58. The van der Waals surface area contributed by atoms with Crippen LogP contribution in [0.1, 0.15) is 89.7 Å². The molecule has 1 aromatic carbocycles. The first-order valence-electron chi connectivity index (χ1n) is 16.4. The number of benzene rings is 1. The number of carbonyl (C=O) groups is 2. The number of nitrogens with zero attached hydrogens (tertiary/aromatic N) is 5. The van der Waals surface area contributed by atoms with Crippen LogP contribution in [0.4, 0.5) is 15.0 Å². The molecule has 9 nitrogen and oxygen atoms in total.